The molecule has 1 N–H and O–H groups in total. The van der Waals surface area contributed by atoms with Crippen LogP contribution in [0, 0.1) is 0 Å². The van der Waals surface area contributed by atoms with Crippen LogP contribution >= 0.6 is 0 Å². The van der Waals surface area contributed by atoms with Crippen LogP contribution in [0.3, 0.4) is 0 Å². The molecule has 5 nitrogen and oxygen atoms in total. The molecule has 0 amide bonds. The van der Waals surface area contributed by atoms with E-state index in [1.165, 1.54) is 5.56 Å². The zero-order valence-electron chi connectivity index (χ0n) is 14.5. The van der Waals surface area contributed by atoms with Crippen molar-refractivity contribution in [1.29, 1.82) is 0 Å². The van der Waals surface area contributed by atoms with E-state index in [-0.39, 0.29) is 0 Å². The van der Waals surface area contributed by atoms with E-state index >= 15 is 0 Å². The molecule has 0 atom stereocenters. The van der Waals surface area contributed by atoms with Crippen LogP contribution < -0.4 is 15.0 Å². The Balaban J connectivity index is 1.80. The van der Waals surface area contributed by atoms with Gasteiger partial charge in [0.05, 0.1) is 12.8 Å². The van der Waals surface area contributed by atoms with Gasteiger partial charge in [-0.25, -0.2) is 4.98 Å². The molecular formula is C20H22N4O. The minimum Gasteiger partial charge on any atom is -0.495 e. The quantitative estimate of drug-likeness (QED) is 0.700. The van der Waals surface area contributed by atoms with Crippen LogP contribution in [-0.4, -0.2) is 23.6 Å². The molecular weight excluding hydrogens is 312 g/mol. The number of para-hydroxylation sites is 2. The van der Waals surface area contributed by atoms with Gasteiger partial charge in [0.2, 0.25) is 5.95 Å². The number of anilines is 3. The van der Waals surface area contributed by atoms with E-state index in [0.717, 1.165) is 30.3 Å². The molecule has 0 fully saturated rings. The van der Waals surface area contributed by atoms with Gasteiger partial charge >= 0.3 is 0 Å². The van der Waals surface area contributed by atoms with Crippen molar-refractivity contribution in [3.8, 4) is 5.75 Å². The first-order valence-corrected chi connectivity index (χ1v) is 8.32. The molecule has 1 aromatic heterocycles. The summed E-state index contributed by atoms with van der Waals surface area (Å²) in [4.78, 5) is 11.2. The standard InChI is InChI=1S/C20H22N4O/c1-3-24(15-16-9-5-4-6-10-16)20-21-14-13-19(23-20)22-17-11-7-8-12-18(17)25-2/h4-14H,3,15H2,1-2H3,(H,21,22,23). The Morgan fingerprint density at radius 2 is 1.76 bits per heavy atom. The molecule has 1 heterocycles. The Morgan fingerprint density at radius 1 is 1.00 bits per heavy atom. The van der Waals surface area contributed by atoms with E-state index in [2.05, 4.69) is 39.2 Å². The molecule has 0 aliphatic rings. The fourth-order valence-electron chi connectivity index (χ4n) is 2.58. The highest BCUT2D eigenvalue weighted by Crippen LogP contribution is 2.26. The van der Waals surface area contributed by atoms with Gasteiger partial charge in [0, 0.05) is 19.3 Å². The van der Waals surface area contributed by atoms with E-state index in [1.807, 2.05) is 48.5 Å². The van der Waals surface area contributed by atoms with Crippen molar-refractivity contribution < 1.29 is 4.74 Å². The zero-order valence-corrected chi connectivity index (χ0v) is 14.5. The van der Waals surface area contributed by atoms with Crippen LogP contribution in [0.4, 0.5) is 17.5 Å². The van der Waals surface area contributed by atoms with Crippen molar-refractivity contribution in [1.82, 2.24) is 9.97 Å². The number of methoxy groups -OCH3 is 1. The number of benzene rings is 2. The normalized spacial score (nSPS) is 10.3. The first-order chi connectivity index (χ1) is 12.3. The Hall–Kier alpha value is -3.08. The number of aromatic nitrogens is 2. The third kappa shape index (κ3) is 4.26. The minimum absolute atomic E-state index is 0.700. The lowest BCUT2D eigenvalue weighted by molar-refractivity contribution is 0.417. The summed E-state index contributed by atoms with van der Waals surface area (Å²) in [6, 6.07) is 20.0. The minimum atomic E-state index is 0.700. The van der Waals surface area contributed by atoms with E-state index in [9.17, 15) is 0 Å². The summed E-state index contributed by atoms with van der Waals surface area (Å²) < 4.78 is 5.38. The summed E-state index contributed by atoms with van der Waals surface area (Å²) in [5.74, 6) is 2.21. The summed E-state index contributed by atoms with van der Waals surface area (Å²) in [7, 11) is 1.66. The van der Waals surface area contributed by atoms with Gasteiger partial charge in [0.25, 0.3) is 0 Å². The molecule has 0 bridgehead atoms. The Morgan fingerprint density at radius 3 is 2.52 bits per heavy atom. The lowest BCUT2D eigenvalue weighted by atomic mass is 10.2. The van der Waals surface area contributed by atoms with Crippen LogP contribution in [0.25, 0.3) is 0 Å². The van der Waals surface area contributed by atoms with Crippen LogP contribution in [0.5, 0.6) is 5.75 Å². The highest BCUT2D eigenvalue weighted by atomic mass is 16.5. The molecule has 3 rings (SSSR count). The third-order valence-electron chi connectivity index (χ3n) is 3.89. The smallest absolute Gasteiger partial charge is 0.227 e. The molecule has 128 valence electrons. The second-order valence-corrected chi connectivity index (χ2v) is 5.57. The highest BCUT2D eigenvalue weighted by molar-refractivity contribution is 5.64. The van der Waals surface area contributed by atoms with Gasteiger partial charge in [-0.05, 0) is 30.7 Å². The van der Waals surface area contributed by atoms with Crippen molar-refractivity contribution in [2.45, 2.75) is 13.5 Å². The van der Waals surface area contributed by atoms with Crippen LogP contribution in [0.1, 0.15) is 12.5 Å². The SMILES string of the molecule is CCN(Cc1ccccc1)c1nccc(Nc2ccccc2OC)n1. The van der Waals surface area contributed by atoms with Crippen molar-refractivity contribution >= 4 is 17.5 Å². The van der Waals surface area contributed by atoms with Gasteiger partial charge in [-0.2, -0.15) is 4.98 Å². The first-order valence-electron chi connectivity index (χ1n) is 8.32. The predicted octanol–water partition coefficient (Wildman–Crippen LogP) is 4.26. The molecule has 25 heavy (non-hydrogen) atoms. The van der Waals surface area contributed by atoms with Crippen molar-refractivity contribution in [2.75, 3.05) is 23.9 Å². The maximum absolute atomic E-state index is 5.38. The highest BCUT2D eigenvalue weighted by Gasteiger charge is 2.10. The molecule has 0 radical (unpaired) electrons. The van der Waals surface area contributed by atoms with E-state index in [0.29, 0.717) is 5.95 Å². The summed E-state index contributed by atoms with van der Waals surface area (Å²) >= 11 is 0. The van der Waals surface area contributed by atoms with Crippen LogP contribution in [0.15, 0.2) is 66.9 Å². The topological polar surface area (TPSA) is 50.3 Å². The summed E-state index contributed by atoms with van der Waals surface area (Å²) in [5, 5.41) is 3.30. The molecule has 0 saturated heterocycles. The summed E-state index contributed by atoms with van der Waals surface area (Å²) in [6.07, 6.45) is 1.77. The van der Waals surface area contributed by atoms with Crippen molar-refractivity contribution in [3.63, 3.8) is 0 Å². The molecule has 0 aliphatic carbocycles. The number of hydrogen-bond acceptors (Lipinski definition) is 5. The van der Waals surface area contributed by atoms with Crippen molar-refractivity contribution in [2.24, 2.45) is 0 Å². The average molecular weight is 334 g/mol. The monoisotopic (exact) mass is 334 g/mol. The number of nitrogens with one attached hydrogen (secondary N) is 1. The van der Waals surface area contributed by atoms with Gasteiger partial charge in [-0.15, -0.1) is 0 Å². The fraction of sp³-hybridized carbons (Fsp3) is 0.200. The lowest BCUT2D eigenvalue weighted by Gasteiger charge is -2.21. The molecule has 0 saturated carbocycles. The van der Waals surface area contributed by atoms with E-state index in [4.69, 9.17) is 4.74 Å². The van der Waals surface area contributed by atoms with E-state index in [1.54, 1.807) is 13.3 Å². The van der Waals surface area contributed by atoms with Gasteiger partial charge in [-0.1, -0.05) is 42.5 Å². The summed E-state index contributed by atoms with van der Waals surface area (Å²) in [5.41, 5.74) is 2.11. The number of hydrogen-bond donors (Lipinski definition) is 1. The predicted molar refractivity (Wildman–Crippen MR) is 101 cm³/mol. The number of nitrogens with zero attached hydrogens (tertiary/aromatic N) is 3. The van der Waals surface area contributed by atoms with E-state index < -0.39 is 0 Å². The fourth-order valence-corrected chi connectivity index (χ4v) is 2.58. The second kappa shape index (κ2) is 8.15. The average Bonchev–Trinajstić information content (AvgIpc) is 2.67. The Bertz CT molecular complexity index is 808. The second-order valence-electron chi connectivity index (χ2n) is 5.57. The molecule has 3 aromatic rings. The zero-order chi connectivity index (χ0) is 17.5. The maximum atomic E-state index is 5.38. The summed E-state index contributed by atoms with van der Waals surface area (Å²) in [6.45, 7) is 3.70. The third-order valence-corrected chi connectivity index (χ3v) is 3.89. The molecule has 0 aliphatic heterocycles. The largest absolute Gasteiger partial charge is 0.495 e. The van der Waals surface area contributed by atoms with Gasteiger partial charge in [0.15, 0.2) is 0 Å². The van der Waals surface area contributed by atoms with Gasteiger partial charge in [-0.3, -0.25) is 0 Å². The Labute approximate surface area is 148 Å². The van der Waals surface area contributed by atoms with Crippen molar-refractivity contribution in [3.05, 3.63) is 72.4 Å². The lowest BCUT2D eigenvalue weighted by Crippen LogP contribution is -2.24. The van der Waals surface area contributed by atoms with Gasteiger partial charge < -0.3 is 15.0 Å². The molecule has 2 aromatic carbocycles. The number of ether oxygens (including phenoxy) is 1. The number of rotatable bonds is 7. The molecule has 0 unspecified atom stereocenters. The van der Waals surface area contributed by atoms with Gasteiger partial charge in [0.1, 0.15) is 11.6 Å². The maximum Gasteiger partial charge on any atom is 0.227 e. The molecule has 5 heteroatoms. The molecule has 0 spiro atoms. The Kier molecular flexibility index (Phi) is 5.46. The van der Waals surface area contributed by atoms with Crippen LogP contribution in [0.2, 0.25) is 0 Å². The van der Waals surface area contributed by atoms with Crippen LogP contribution in [-0.2, 0) is 6.54 Å². The first kappa shape index (κ1) is 16.8.